The van der Waals surface area contributed by atoms with Crippen molar-refractivity contribution in [3.63, 3.8) is 0 Å². The summed E-state index contributed by atoms with van der Waals surface area (Å²) in [5, 5.41) is 0. The van der Waals surface area contributed by atoms with Crippen LogP contribution in [0.15, 0.2) is 115 Å². The van der Waals surface area contributed by atoms with Crippen molar-refractivity contribution in [3.8, 4) is 0 Å². The van der Waals surface area contributed by atoms with Crippen molar-refractivity contribution in [2.45, 2.75) is 70.0 Å². The second-order valence-corrected chi connectivity index (χ2v) is 10.4. The summed E-state index contributed by atoms with van der Waals surface area (Å²) < 4.78 is 33.8. The maximum absolute atomic E-state index is 6.94. The molecule has 2 aliphatic rings. The van der Waals surface area contributed by atoms with Gasteiger partial charge in [0.2, 0.25) is 5.79 Å². The average molecular weight is 537 g/mol. The van der Waals surface area contributed by atoms with Gasteiger partial charge in [-0.1, -0.05) is 122 Å². The molecule has 5 heteroatoms. The molecule has 0 saturated carbocycles. The number of benzene rings is 4. The van der Waals surface area contributed by atoms with Crippen LogP contribution < -0.4 is 0 Å². The zero-order chi connectivity index (χ0) is 27.2. The number of hydrogen-bond acceptors (Lipinski definition) is 5. The van der Waals surface area contributed by atoms with Gasteiger partial charge >= 0.3 is 0 Å². The smallest absolute Gasteiger partial charge is 0.225 e. The Kier molecular flexibility index (Phi) is 8.37. The van der Waals surface area contributed by atoms with Crippen LogP contribution in [0.1, 0.15) is 41.2 Å². The van der Waals surface area contributed by atoms with E-state index in [1.807, 2.05) is 66.7 Å². The summed E-state index contributed by atoms with van der Waals surface area (Å²) in [6.45, 7) is 3.86. The van der Waals surface area contributed by atoms with Gasteiger partial charge in [0, 0.05) is 5.56 Å². The summed E-state index contributed by atoms with van der Waals surface area (Å²) in [7, 11) is 0. The molecule has 2 aliphatic heterocycles. The normalized spacial score (nSPS) is 25.6. The first-order valence-electron chi connectivity index (χ1n) is 14.1. The summed E-state index contributed by atoms with van der Waals surface area (Å²) in [5.74, 6) is -1.10. The molecule has 206 valence electrons. The summed E-state index contributed by atoms with van der Waals surface area (Å²) in [4.78, 5) is 0. The molecule has 0 bridgehead atoms. The summed E-state index contributed by atoms with van der Waals surface area (Å²) in [5.41, 5.74) is 5.37. The molecule has 5 nitrogen and oxygen atoms in total. The summed E-state index contributed by atoms with van der Waals surface area (Å²) in [6, 6.07) is 38.9. The van der Waals surface area contributed by atoms with Gasteiger partial charge in [0.05, 0.1) is 32.5 Å². The van der Waals surface area contributed by atoms with Crippen LogP contribution in [0, 0.1) is 0 Å². The first-order chi connectivity index (χ1) is 19.8. The molecule has 40 heavy (non-hydrogen) atoms. The Bertz CT molecular complexity index is 1350. The SMILES string of the molecule is CC[C@H]1O[C@]2(OCc3ccccc32)[C@H](OCc2ccccc2)[C@@H](OCc2ccccc2)[C@@H]1OCc1ccccc1. The van der Waals surface area contributed by atoms with Gasteiger partial charge in [0.25, 0.3) is 0 Å². The van der Waals surface area contributed by atoms with Crippen molar-refractivity contribution in [1.82, 2.24) is 0 Å². The molecule has 1 spiro atoms. The number of hydrogen-bond donors (Lipinski definition) is 0. The van der Waals surface area contributed by atoms with Gasteiger partial charge < -0.3 is 23.7 Å². The molecular formula is C35H36O5. The van der Waals surface area contributed by atoms with E-state index < -0.39 is 18.0 Å². The highest BCUT2D eigenvalue weighted by molar-refractivity contribution is 5.36. The molecule has 4 aromatic carbocycles. The Morgan fingerprint density at radius 3 is 1.70 bits per heavy atom. The summed E-state index contributed by atoms with van der Waals surface area (Å²) >= 11 is 0. The van der Waals surface area contributed by atoms with Gasteiger partial charge in [-0.05, 0) is 28.7 Å². The second-order valence-electron chi connectivity index (χ2n) is 10.4. The van der Waals surface area contributed by atoms with Gasteiger partial charge in [0.1, 0.15) is 18.3 Å². The predicted molar refractivity (Wildman–Crippen MR) is 153 cm³/mol. The Labute approximate surface area is 236 Å². The molecule has 5 atom stereocenters. The quantitative estimate of drug-likeness (QED) is 0.220. The van der Waals surface area contributed by atoms with Crippen LogP contribution in [0.4, 0.5) is 0 Å². The third-order valence-electron chi connectivity index (χ3n) is 7.77. The Morgan fingerprint density at radius 2 is 1.12 bits per heavy atom. The zero-order valence-corrected chi connectivity index (χ0v) is 22.9. The lowest BCUT2D eigenvalue weighted by molar-refractivity contribution is -0.384. The van der Waals surface area contributed by atoms with Gasteiger partial charge in [0.15, 0.2) is 0 Å². The molecule has 0 radical (unpaired) electrons. The zero-order valence-electron chi connectivity index (χ0n) is 22.9. The first kappa shape index (κ1) is 26.9. The van der Waals surface area contributed by atoms with Crippen LogP contribution in [0.25, 0.3) is 0 Å². The lowest BCUT2D eigenvalue weighted by Gasteiger charge is -2.51. The van der Waals surface area contributed by atoms with E-state index in [1.54, 1.807) is 0 Å². The second kappa shape index (κ2) is 12.5. The molecule has 0 aliphatic carbocycles. The molecule has 1 fully saturated rings. The molecule has 6 rings (SSSR count). The van der Waals surface area contributed by atoms with Crippen molar-refractivity contribution < 1.29 is 23.7 Å². The molecule has 0 aromatic heterocycles. The van der Waals surface area contributed by atoms with Crippen LogP contribution in [0.3, 0.4) is 0 Å². The van der Waals surface area contributed by atoms with E-state index in [1.165, 1.54) is 0 Å². The molecule has 0 N–H and O–H groups in total. The highest BCUT2D eigenvalue weighted by Gasteiger charge is 2.60. The highest BCUT2D eigenvalue weighted by atomic mass is 16.7. The van der Waals surface area contributed by atoms with E-state index in [4.69, 9.17) is 23.7 Å². The Morgan fingerprint density at radius 1 is 0.625 bits per heavy atom. The monoisotopic (exact) mass is 536 g/mol. The Balaban J connectivity index is 1.38. The number of fused-ring (bicyclic) bond motifs is 2. The molecule has 4 aromatic rings. The fourth-order valence-corrected chi connectivity index (χ4v) is 5.74. The summed E-state index contributed by atoms with van der Waals surface area (Å²) in [6.07, 6.45) is -0.895. The average Bonchev–Trinajstić information content (AvgIpc) is 3.38. The minimum atomic E-state index is -1.10. The van der Waals surface area contributed by atoms with Crippen LogP contribution in [0.2, 0.25) is 0 Å². The number of rotatable bonds is 10. The lowest BCUT2D eigenvalue weighted by Crippen LogP contribution is -2.64. The predicted octanol–water partition coefficient (Wildman–Crippen LogP) is 6.93. The van der Waals surface area contributed by atoms with Crippen LogP contribution in [0.5, 0.6) is 0 Å². The molecule has 1 saturated heterocycles. The lowest BCUT2D eigenvalue weighted by atomic mass is 9.86. The van der Waals surface area contributed by atoms with E-state index in [0.29, 0.717) is 26.4 Å². The van der Waals surface area contributed by atoms with E-state index >= 15 is 0 Å². The maximum Gasteiger partial charge on any atom is 0.225 e. The molecule has 0 amide bonds. The van der Waals surface area contributed by atoms with Gasteiger partial charge in [-0.2, -0.15) is 0 Å². The van der Waals surface area contributed by atoms with Crippen molar-refractivity contribution >= 4 is 0 Å². The van der Waals surface area contributed by atoms with Crippen LogP contribution in [-0.2, 0) is 55.9 Å². The first-order valence-corrected chi connectivity index (χ1v) is 14.1. The third kappa shape index (κ3) is 5.62. The fourth-order valence-electron chi connectivity index (χ4n) is 5.74. The maximum atomic E-state index is 6.94. The van der Waals surface area contributed by atoms with Gasteiger partial charge in [-0.15, -0.1) is 0 Å². The van der Waals surface area contributed by atoms with Gasteiger partial charge in [-0.3, -0.25) is 0 Å². The van der Waals surface area contributed by atoms with Crippen LogP contribution in [-0.4, -0.2) is 24.4 Å². The standard InChI is InChI=1S/C35H36O5/c1-2-31-32(36-22-26-14-6-3-7-15-26)33(37-23-27-16-8-4-9-17-27)34(38-24-28-18-10-5-11-19-28)35(40-31)30-21-13-12-20-29(30)25-39-35/h3-21,31-34H,2,22-25H2,1H3/t31-,32-,33+,34-,35+/m1/s1. The van der Waals surface area contributed by atoms with Gasteiger partial charge in [-0.25, -0.2) is 0 Å². The third-order valence-corrected chi connectivity index (χ3v) is 7.77. The fraction of sp³-hybridized carbons (Fsp3) is 0.314. The topological polar surface area (TPSA) is 46.2 Å². The van der Waals surface area contributed by atoms with Crippen molar-refractivity contribution in [2.75, 3.05) is 0 Å². The van der Waals surface area contributed by atoms with Crippen LogP contribution >= 0.6 is 0 Å². The number of ether oxygens (including phenoxy) is 5. The van der Waals surface area contributed by atoms with E-state index in [-0.39, 0.29) is 12.2 Å². The highest BCUT2D eigenvalue weighted by Crippen LogP contribution is 2.49. The largest absolute Gasteiger partial charge is 0.368 e. The van der Waals surface area contributed by atoms with Crippen molar-refractivity contribution in [2.24, 2.45) is 0 Å². The molecule has 0 unspecified atom stereocenters. The van der Waals surface area contributed by atoms with E-state index in [0.717, 1.165) is 34.2 Å². The van der Waals surface area contributed by atoms with Crippen molar-refractivity contribution in [1.29, 1.82) is 0 Å². The Hall–Kier alpha value is -3.32. The molecule has 2 heterocycles. The van der Waals surface area contributed by atoms with E-state index in [9.17, 15) is 0 Å². The minimum absolute atomic E-state index is 0.257. The minimum Gasteiger partial charge on any atom is -0.368 e. The van der Waals surface area contributed by atoms with E-state index in [2.05, 4.69) is 55.5 Å². The van der Waals surface area contributed by atoms with Crippen molar-refractivity contribution in [3.05, 3.63) is 143 Å². The molecular weight excluding hydrogens is 500 g/mol.